The monoisotopic (exact) mass is 512 g/mol. The second kappa shape index (κ2) is 9.42. The molecule has 8 heteroatoms. The fourth-order valence-corrected chi connectivity index (χ4v) is 5.05. The number of hydrogen-bond donors (Lipinski definition) is 1. The number of aromatic nitrogens is 2. The zero-order chi connectivity index (χ0) is 22.8. The average molecular weight is 513 g/mol. The lowest BCUT2D eigenvalue weighted by Crippen LogP contribution is -2.35. The Morgan fingerprint density at radius 2 is 2.03 bits per heavy atom. The van der Waals surface area contributed by atoms with E-state index in [-0.39, 0.29) is 24.6 Å². The molecular formula is C24H25BrN4O2S. The van der Waals surface area contributed by atoms with Crippen molar-refractivity contribution in [3.63, 3.8) is 0 Å². The molecule has 166 valence electrons. The summed E-state index contributed by atoms with van der Waals surface area (Å²) >= 11 is 9.23. The largest absolute Gasteiger partial charge is 0.465 e. The van der Waals surface area contributed by atoms with Crippen molar-refractivity contribution in [3.05, 3.63) is 81.8 Å². The first-order chi connectivity index (χ1) is 15.4. The van der Waals surface area contributed by atoms with Crippen molar-refractivity contribution in [2.75, 3.05) is 13.2 Å². The summed E-state index contributed by atoms with van der Waals surface area (Å²) in [6.07, 6.45) is 1.77. The van der Waals surface area contributed by atoms with Crippen LogP contribution in [0.25, 0.3) is 5.69 Å². The highest BCUT2D eigenvalue weighted by Crippen LogP contribution is 2.41. The molecule has 1 aliphatic rings. The molecule has 2 atom stereocenters. The summed E-state index contributed by atoms with van der Waals surface area (Å²) in [6.45, 7) is 6.40. The zero-order valence-electron chi connectivity index (χ0n) is 18.2. The van der Waals surface area contributed by atoms with Gasteiger partial charge in [-0.25, -0.2) is 0 Å². The number of carbonyl (C=O) groups excluding carboxylic acids is 1. The predicted molar refractivity (Wildman–Crippen MR) is 132 cm³/mol. The molecule has 0 radical (unpaired) electrons. The zero-order valence-corrected chi connectivity index (χ0v) is 20.6. The normalized spacial score (nSPS) is 18.0. The number of nitrogens with one attached hydrogen (secondary N) is 1. The summed E-state index contributed by atoms with van der Waals surface area (Å²) in [6, 6.07) is 15.8. The number of carbonyl (C=O) groups is 1. The van der Waals surface area contributed by atoms with E-state index in [1.54, 1.807) is 13.1 Å². The number of nitrogens with zero attached hydrogens (tertiary/aromatic N) is 3. The van der Waals surface area contributed by atoms with Crippen molar-refractivity contribution in [2.24, 2.45) is 0 Å². The summed E-state index contributed by atoms with van der Waals surface area (Å²) in [5, 5.41) is 3.91. The van der Waals surface area contributed by atoms with Crippen LogP contribution >= 0.6 is 28.1 Å². The Hall–Kier alpha value is -2.71. The Kier molecular flexibility index (Phi) is 6.62. The van der Waals surface area contributed by atoms with Gasteiger partial charge in [0.1, 0.15) is 6.54 Å². The van der Waals surface area contributed by atoms with Crippen LogP contribution < -0.4 is 5.32 Å². The van der Waals surface area contributed by atoms with Gasteiger partial charge in [-0.3, -0.25) is 9.78 Å². The molecule has 0 saturated carbocycles. The minimum atomic E-state index is -0.302. The maximum atomic E-state index is 12.4. The van der Waals surface area contributed by atoms with Gasteiger partial charge < -0.3 is 19.5 Å². The second-order valence-electron chi connectivity index (χ2n) is 7.70. The van der Waals surface area contributed by atoms with Gasteiger partial charge in [0, 0.05) is 27.7 Å². The number of esters is 1. The van der Waals surface area contributed by atoms with Gasteiger partial charge in [-0.1, -0.05) is 28.1 Å². The number of rotatable bonds is 6. The highest BCUT2D eigenvalue weighted by molar-refractivity contribution is 9.10. The minimum Gasteiger partial charge on any atom is -0.465 e. The van der Waals surface area contributed by atoms with Gasteiger partial charge in [0.15, 0.2) is 5.11 Å². The Bertz CT molecular complexity index is 1150. The van der Waals surface area contributed by atoms with E-state index in [2.05, 4.69) is 62.8 Å². The molecule has 4 rings (SSSR count). The number of thiocarbonyl (C=S) groups is 1. The highest BCUT2D eigenvalue weighted by Gasteiger charge is 2.42. The highest BCUT2D eigenvalue weighted by atomic mass is 79.9. The lowest BCUT2D eigenvalue weighted by molar-refractivity contribution is -0.143. The molecule has 0 aliphatic carbocycles. The van der Waals surface area contributed by atoms with Crippen molar-refractivity contribution in [2.45, 2.75) is 32.9 Å². The second-order valence-corrected chi connectivity index (χ2v) is 9.00. The van der Waals surface area contributed by atoms with Crippen LogP contribution in [0.3, 0.4) is 0 Å². The van der Waals surface area contributed by atoms with Crippen molar-refractivity contribution < 1.29 is 9.53 Å². The van der Waals surface area contributed by atoms with E-state index in [1.165, 1.54) is 0 Å². The van der Waals surface area contributed by atoms with Crippen LogP contribution in [0.2, 0.25) is 0 Å². The van der Waals surface area contributed by atoms with E-state index >= 15 is 0 Å². The lowest BCUT2D eigenvalue weighted by atomic mass is 9.97. The van der Waals surface area contributed by atoms with Crippen LogP contribution in [0.4, 0.5) is 0 Å². The Balaban J connectivity index is 1.81. The molecule has 0 spiro atoms. The molecule has 2 aromatic heterocycles. The van der Waals surface area contributed by atoms with Gasteiger partial charge >= 0.3 is 5.97 Å². The average Bonchev–Trinajstić information content (AvgIpc) is 3.24. The summed E-state index contributed by atoms with van der Waals surface area (Å²) in [7, 11) is 0. The molecule has 3 aromatic rings. The molecule has 6 nitrogen and oxygen atoms in total. The number of halogens is 1. The van der Waals surface area contributed by atoms with E-state index in [4.69, 9.17) is 17.0 Å². The van der Waals surface area contributed by atoms with E-state index in [0.717, 1.165) is 32.8 Å². The fraction of sp³-hybridized carbons (Fsp3) is 0.292. The van der Waals surface area contributed by atoms with Crippen LogP contribution in [0, 0.1) is 13.8 Å². The molecule has 0 bridgehead atoms. The van der Waals surface area contributed by atoms with Gasteiger partial charge in [0.2, 0.25) is 0 Å². The van der Waals surface area contributed by atoms with Crippen molar-refractivity contribution in [1.82, 2.24) is 19.8 Å². The van der Waals surface area contributed by atoms with Gasteiger partial charge in [-0.2, -0.15) is 0 Å². The van der Waals surface area contributed by atoms with Gasteiger partial charge in [-0.05, 0) is 75.0 Å². The molecule has 3 heterocycles. The third-order valence-electron chi connectivity index (χ3n) is 5.66. The Morgan fingerprint density at radius 1 is 1.22 bits per heavy atom. The van der Waals surface area contributed by atoms with E-state index in [9.17, 15) is 4.79 Å². The third kappa shape index (κ3) is 4.29. The number of pyridine rings is 1. The van der Waals surface area contributed by atoms with Gasteiger partial charge in [0.25, 0.3) is 0 Å². The van der Waals surface area contributed by atoms with Gasteiger partial charge in [-0.15, -0.1) is 0 Å². The molecule has 0 amide bonds. The van der Waals surface area contributed by atoms with Gasteiger partial charge in [0.05, 0.1) is 24.4 Å². The SMILES string of the molecule is CCOC(=O)CN1C(=S)N[C@@H](c2ccccn2)[C@@H]1c1cc(C)n(-c2cccc(Br)c2)c1C. The van der Waals surface area contributed by atoms with Crippen molar-refractivity contribution in [3.8, 4) is 5.69 Å². The van der Waals surface area contributed by atoms with Crippen LogP contribution in [-0.4, -0.2) is 38.7 Å². The summed E-state index contributed by atoms with van der Waals surface area (Å²) in [5.41, 5.74) is 5.23. The molecule has 1 aliphatic heterocycles. The first kappa shape index (κ1) is 22.5. The molecule has 1 saturated heterocycles. The van der Waals surface area contributed by atoms with Crippen molar-refractivity contribution >= 4 is 39.2 Å². The van der Waals surface area contributed by atoms with Crippen LogP contribution in [-0.2, 0) is 9.53 Å². The van der Waals surface area contributed by atoms with E-state index in [1.807, 2.05) is 35.2 Å². The quantitative estimate of drug-likeness (QED) is 0.378. The number of ether oxygens (including phenoxy) is 1. The molecular weight excluding hydrogens is 488 g/mol. The smallest absolute Gasteiger partial charge is 0.325 e. The Labute approximate surface area is 201 Å². The number of benzene rings is 1. The first-order valence-electron chi connectivity index (χ1n) is 10.5. The summed E-state index contributed by atoms with van der Waals surface area (Å²) in [5.74, 6) is -0.302. The summed E-state index contributed by atoms with van der Waals surface area (Å²) in [4.78, 5) is 18.9. The number of hydrogen-bond acceptors (Lipinski definition) is 4. The molecule has 1 aromatic carbocycles. The first-order valence-corrected chi connectivity index (χ1v) is 11.7. The van der Waals surface area contributed by atoms with E-state index < -0.39 is 0 Å². The lowest BCUT2D eigenvalue weighted by Gasteiger charge is -2.27. The number of aryl methyl sites for hydroxylation is 1. The fourth-order valence-electron chi connectivity index (χ4n) is 4.36. The predicted octanol–water partition coefficient (Wildman–Crippen LogP) is 4.79. The summed E-state index contributed by atoms with van der Waals surface area (Å²) < 4.78 is 8.46. The standard InChI is InChI=1S/C24H25BrN4O2S/c1-4-31-21(30)14-28-23(22(27-24(28)32)20-10-5-6-11-26-20)19-12-15(2)29(16(19)3)18-9-7-8-17(25)13-18/h5-13,22-23H,4,14H2,1-3H3,(H,27,32)/t22-,23-/m0/s1. The van der Waals surface area contributed by atoms with Crippen molar-refractivity contribution in [1.29, 1.82) is 0 Å². The Morgan fingerprint density at radius 3 is 2.72 bits per heavy atom. The van der Waals surface area contributed by atoms with Crippen LogP contribution in [0.15, 0.2) is 59.2 Å². The maximum Gasteiger partial charge on any atom is 0.325 e. The molecule has 1 N–H and O–H groups in total. The maximum absolute atomic E-state index is 12.4. The molecule has 1 fully saturated rings. The minimum absolute atomic E-state index is 0.0776. The van der Waals surface area contributed by atoms with E-state index in [0.29, 0.717) is 11.7 Å². The third-order valence-corrected chi connectivity index (χ3v) is 6.50. The van der Waals surface area contributed by atoms with Crippen LogP contribution in [0.5, 0.6) is 0 Å². The molecule has 32 heavy (non-hydrogen) atoms. The molecule has 0 unspecified atom stereocenters. The van der Waals surface area contributed by atoms with Crippen LogP contribution in [0.1, 0.15) is 41.7 Å². The topological polar surface area (TPSA) is 59.4 Å².